The van der Waals surface area contributed by atoms with Crippen LogP contribution in [-0.2, 0) is 5.75 Å². The summed E-state index contributed by atoms with van der Waals surface area (Å²) >= 11 is 7.70. The smallest absolute Gasteiger partial charge is 0.231 e. The maximum Gasteiger partial charge on any atom is 0.231 e. The van der Waals surface area contributed by atoms with Gasteiger partial charge >= 0.3 is 0 Å². The number of aromatic nitrogens is 2. The highest BCUT2D eigenvalue weighted by molar-refractivity contribution is 7.98. The van der Waals surface area contributed by atoms with Crippen molar-refractivity contribution in [3.8, 4) is 0 Å². The zero-order chi connectivity index (χ0) is 14.5. The van der Waals surface area contributed by atoms with Gasteiger partial charge in [0.2, 0.25) is 5.89 Å². The quantitative estimate of drug-likeness (QED) is 0.821. The number of nitrogens with two attached hydrogens (primary N) is 1. The molecule has 0 saturated carbocycles. The molecule has 2 rings (SSSR count). The van der Waals surface area contributed by atoms with Crippen molar-refractivity contribution >= 4 is 23.4 Å². The van der Waals surface area contributed by atoms with Crippen LogP contribution >= 0.6 is 23.4 Å². The zero-order valence-corrected chi connectivity index (χ0v) is 13.1. The van der Waals surface area contributed by atoms with Crippen LogP contribution in [0, 0.1) is 0 Å². The molecule has 108 valence electrons. The first-order valence-electron chi connectivity index (χ1n) is 6.57. The molecule has 2 unspecified atom stereocenters. The highest BCUT2D eigenvalue weighted by atomic mass is 35.5. The fraction of sp³-hybridized carbons (Fsp3) is 0.429. The average molecular weight is 312 g/mol. The van der Waals surface area contributed by atoms with Gasteiger partial charge in [0.25, 0.3) is 0 Å². The van der Waals surface area contributed by atoms with Crippen molar-refractivity contribution < 1.29 is 4.52 Å². The summed E-state index contributed by atoms with van der Waals surface area (Å²) in [4.78, 5) is 5.42. The molecule has 0 bridgehead atoms. The molecule has 0 amide bonds. The molecular weight excluding hydrogens is 294 g/mol. The summed E-state index contributed by atoms with van der Waals surface area (Å²) in [7, 11) is 0. The fourth-order valence-electron chi connectivity index (χ4n) is 1.75. The van der Waals surface area contributed by atoms with Gasteiger partial charge in [-0.3, -0.25) is 0 Å². The number of nitrogens with zero attached hydrogens (tertiary/aromatic N) is 2. The fourth-order valence-corrected chi connectivity index (χ4v) is 2.83. The van der Waals surface area contributed by atoms with E-state index in [9.17, 15) is 0 Å². The Hall–Kier alpha value is -1.04. The molecule has 0 spiro atoms. The largest absolute Gasteiger partial charge is 0.339 e. The van der Waals surface area contributed by atoms with Gasteiger partial charge in [-0.15, -0.1) is 11.8 Å². The van der Waals surface area contributed by atoms with E-state index >= 15 is 0 Å². The van der Waals surface area contributed by atoms with E-state index in [1.807, 2.05) is 38.1 Å². The Morgan fingerprint density at radius 2 is 2.15 bits per heavy atom. The van der Waals surface area contributed by atoms with Crippen LogP contribution in [0.4, 0.5) is 0 Å². The van der Waals surface area contributed by atoms with Gasteiger partial charge in [0.1, 0.15) is 0 Å². The van der Waals surface area contributed by atoms with Crippen LogP contribution in [0.2, 0.25) is 5.02 Å². The molecule has 4 nitrogen and oxygen atoms in total. The third-order valence-corrected chi connectivity index (χ3v) is 4.69. The van der Waals surface area contributed by atoms with Gasteiger partial charge in [0, 0.05) is 10.9 Å². The zero-order valence-electron chi connectivity index (χ0n) is 11.5. The van der Waals surface area contributed by atoms with Gasteiger partial charge in [-0.2, -0.15) is 4.98 Å². The van der Waals surface area contributed by atoms with Crippen molar-refractivity contribution in [2.24, 2.45) is 5.73 Å². The molecule has 1 aromatic carbocycles. The molecule has 2 N–H and O–H groups in total. The third kappa shape index (κ3) is 3.75. The lowest BCUT2D eigenvalue weighted by molar-refractivity contribution is 0.337. The van der Waals surface area contributed by atoms with E-state index in [0.29, 0.717) is 17.5 Å². The molecule has 2 atom stereocenters. The molecule has 0 saturated heterocycles. The Bertz CT molecular complexity index is 561. The van der Waals surface area contributed by atoms with Crippen molar-refractivity contribution in [1.29, 1.82) is 0 Å². The standard InChI is InChI=1S/C14H18ClN3OS/c1-3-11(16)9(2)14-17-13(18-19-14)8-20-12-7-5-4-6-10(12)15/h4-7,9,11H,3,8,16H2,1-2H3. The minimum Gasteiger partial charge on any atom is -0.339 e. The lowest BCUT2D eigenvalue weighted by Crippen LogP contribution is -2.25. The maximum absolute atomic E-state index is 6.10. The molecule has 0 aliphatic carbocycles. The highest BCUT2D eigenvalue weighted by Gasteiger charge is 2.19. The summed E-state index contributed by atoms with van der Waals surface area (Å²) < 4.78 is 5.28. The van der Waals surface area contributed by atoms with Crippen LogP contribution in [0.3, 0.4) is 0 Å². The topological polar surface area (TPSA) is 64.9 Å². The van der Waals surface area contributed by atoms with Crippen LogP contribution in [0.15, 0.2) is 33.7 Å². The summed E-state index contributed by atoms with van der Waals surface area (Å²) in [5, 5.41) is 4.73. The van der Waals surface area contributed by atoms with E-state index in [0.717, 1.165) is 16.3 Å². The van der Waals surface area contributed by atoms with E-state index in [1.165, 1.54) is 0 Å². The number of thioether (sulfide) groups is 1. The van der Waals surface area contributed by atoms with Crippen molar-refractivity contribution in [3.05, 3.63) is 41.0 Å². The number of hydrogen-bond donors (Lipinski definition) is 1. The first-order chi connectivity index (χ1) is 9.61. The van der Waals surface area contributed by atoms with Crippen LogP contribution in [0.1, 0.15) is 37.9 Å². The second kappa shape index (κ2) is 7.11. The van der Waals surface area contributed by atoms with Gasteiger partial charge < -0.3 is 10.3 Å². The Kier molecular flexibility index (Phi) is 5.46. The van der Waals surface area contributed by atoms with Crippen molar-refractivity contribution in [2.75, 3.05) is 0 Å². The van der Waals surface area contributed by atoms with Gasteiger partial charge in [-0.25, -0.2) is 0 Å². The Balaban J connectivity index is 1.98. The molecular formula is C14H18ClN3OS. The lowest BCUT2D eigenvalue weighted by atomic mass is 10.0. The second-order valence-corrected chi connectivity index (χ2v) is 6.05. The van der Waals surface area contributed by atoms with E-state index in [4.69, 9.17) is 21.9 Å². The van der Waals surface area contributed by atoms with Crippen molar-refractivity contribution in [3.63, 3.8) is 0 Å². The summed E-state index contributed by atoms with van der Waals surface area (Å²) in [6.45, 7) is 4.05. The summed E-state index contributed by atoms with van der Waals surface area (Å²) in [6.07, 6.45) is 0.882. The molecule has 0 fully saturated rings. The monoisotopic (exact) mass is 311 g/mol. The number of hydrogen-bond acceptors (Lipinski definition) is 5. The van der Waals surface area contributed by atoms with E-state index in [1.54, 1.807) is 11.8 Å². The van der Waals surface area contributed by atoms with Gasteiger partial charge in [-0.1, -0.05) is 42.7 Å². The van der Waals surface area contributed by atoms with Crippen LogP contribution in [0.25, 0.3) is 0 Å². The Labute approximate surface area is 128 Å². The maximum atomic E-state index is 6.10. The first-order valence-corrected chi connectivity index (χ1v) is 7.93. The normalized spacial score (nSPS) is 14.2. The van der Waals surface area contributed by atoms with E-state index < -0.39 is 0 Å². The van der Waals surface area contributed by atoms with Gasteiger partial charge in [-0.05, 0) is 18.6 Å². The summed E-state index contributed by atoms with van der Waals surface area (Å²) in [5.74, 6) is 1.97. The SMILES string of the molecule is CCC(N)C(C)c1nc(CSc2ccccc2Cl)no1. The molecule has 1 aromatic heterocycles. The molecule has 0 aliphatic heterocycles. The predicted octanol–water partition coefficient (Wildman–Crippen LogP) is 3.86. The Morgan fingerprint density at radius 3 is 2.85 bits per heavy atom. The summed E-state index contributed by atoms with van der Waals surface area (Å²) in [5.41, 5.74) is 5.99. The lowest BCUT2D eigenvalue weighted by Gasteiger charge is -2.13. The van der Waals surface area contributed by atoms with Crippen molar-refractivity contribution in [2.45, 2.75) is 42.9 Å². The molecule has 1 heterocycles. The molecule has 2 aromatic rings. The van der Waals surface area contributed by atoms with Gasteiger partial charge in [0.15, 0.2) is 5.82 Å². The number of halogens is 1. The number of rotatable bonds is 6. The van der Waals surface area contributed by atoms with Crippen LogP contribution in [0.5, 0.6) is 0 Å². The summed E-state index contributed by atoms with van der Waals surface area (Å²) in [6, 6.07) is 7.75. The molecule has 0 aliphatic rings. The minimum atomic E-state index is 0.0412. The van der Waals surface area contributed by atoms with Crippen LogP contribution in [-0.4, -0.2) is 16.2 Å². The second-order valence-electron chi connectivity index (χ2n) is 4.63. The number of benzene rings is 1. The Morgan fingerprint density at radius 1 is 1.40 bits per heavy atom. The molecule has 20 heavy (non-hydrogen) atoms. The first kappa shape index (κ1) is 15.4. The van der Waals surface area contributed by atoms with Crippen molar-refractivity contribution in [1.82, 2.24) is 10.1 Å². The van der Waals surface area contributed by atoms with E-state index in [-0.39, 0.29) is 12.0 Å². The predicted molar refractivity (Wildman–Crippen MR) is 82.0 cm³/mol. The van der Waals surface area contributed by atoms with Crippen LogP contribution < -0.4 is 5.73 Å². The molecule has 0 radical (unpaired) electrons. The minimum absolute atomic E-state index is 0.0412. The van der Waals surface area contributed by atoms with Gasteiger partial charge in [0.05, 0.1) is 16.7 Å². The third-order valence-electron chi connectivity index (χ3n) is 3.18. The average Bonchev–Trinajstić information content (AvgIpc) is 2.93. The van der Waals surface area contributed by atoms with E-state index in [2.05, 4.69) is 10.1 Å². The highest BCUT2D eigenvalue weighted by Crippen LogP contribution is 2.29. The molecule has 6 heteroatoms.